The number of hydrogen-bond donors (Lipinski definition) is 2. The molecule has 0 unspecified atom stereocenters. The minimum atomic E-state index is -0.835. The Hall–Kier alpha value is -2.24. The first-order chi connectivity index (χ1) is 9.97. The molecule has 0 spiro atoms. The molecule has 0 heterocycles. The van der Waals surface area contributed by atoms with Crippen LogP contribution in [0.3, 0.4) is 0 Å². The van der Waals surface area contributed by atoms with Gasteiger partial charge in [0.1, 0.15) is 5.75 Å². The van der Waals surface area contributed by atoms with Gasteiger partial charge in [-0.05, 0) is 30.5 Å². The van der Waals surface area contributed by atoms with E-state index in [1.54, 1.807) is 14.2 Å². The van der Waals surface area contributed by atoms with Crippen molar-refractivity contribution in [2.45, 2.75) is 19.4 Å². The normalized spacial score (nSPS) is 15.1. The Morgan fingerprint density at radius 2 is 2.14 bits per heavy atom. The summed E-state index contributed by atoms with van der Waals surface area (Å²) in [6.45, 7) is 0.618. The zero-order chi connectivity index (χ0) is 15.5. The van der Waals surface area contributed by atoms with E-state index in [1.165, 1.54) is 4.90 Å². The van der Waals surface area contributed by atoms with E-state index in [-0.39, 0.29) is 12.6 Å². The third kappa shape index (κ3) is 3.65. The van der Waals surface area contributed by atoms with Gasteiger partial charge in [-0.1, -0.05) is 12.1 Å². The lowest BCUT2D eigenvalue weighted by atomic mass is 10.1. The Bertz CT molecular complexity index is 540. The molecule has 0 bridgehead atoms. The minimum absolute atomic E-state index is 0.184. The number of rotatable bonds is 6. The van der Waals surface area contributed by atoms with Crippen LogP contribution in [-0.2, 0) is 11.3 Å². The first kappa shape index (κ1) is 15.2. The highest BCUT2D eigenvalue weighted by Crippen LogP contribution is 2.45. The van der Waals surface area contributed by atoms with Gasteiger partial charge < -0.3 is 20.1 Å². The van der Waals surface area contributed by atoms with Crippen LogP contribution in [0.1, 0.15) is 18.4 Å². The van der Waals surface area contributed by atoms with Crippen LogP contribution in [0, 0.1) is 5.41 Å². The van der Waals surface area contributed by atoms with Crippen molar-refractivity contribution in [2.24, 2.45) is 5.41 Å². The Morgan fingerprint density at radius 1 is 1.43 bits per heavy atom. The number of carbonyl (C=O) groups is 2. The molecular formula is C15H20N2O4. The first-order valence-corrected chi connectivity index (χ1v) is 6.82. The molecule has 0 radical (unpaired) electrons. The highest BCUT2D eigenvalue weighted by atomic mass is 16.5. The van der Waals surface area contributed by atoms with E-state index < -0.39 is 11.4 Å². The van der Waals surface area contributed by atoms with Crippen LogP contribution in [0.4, 0.5) is 4.79 Å². The Morgan fingerprint density at radius 3 is 2.71 bits per heavy atom. The molecule has 1 aromatic carbocycles. The highest BCUT2D eigenvalue weighted by Gasteiger charge is 2.50. The maximum absolute atomic E-state index is 12.0. The van der Waals surface area contributed by atoms with E-state index in [4.69, 9.17) is 9.84 Å². The number of urea groups is 1. The molecular weight excluding hydrogens is 272 g/mol. The van der Waals surface area contributed by atoms with Gasteiger partial charge in [-0.25, -0.2) is 4.79 Å². The predicted octanol–water partition coefficient (Wildman–Crippen LogP) is 1.70. The van der Waals surface area contributed by atoms with Crippen LogP contribution in [0.2, 0.25) is 0 Å². The molecule has 6 nitrogen and oxygen atoms in total. The molecule has 2 rings (SSSR count). The van der Waals surface area contributed by atoms with Crippen molar-refractivity contribution in [3.63, 3.8) is 0 Å². The molecule has 1 aromatic rings. The number of aliphatic carboxylic acids is 1. The Kier molecular flexibility index (Phi) is 4.35. The van der Waals surface area contributed by atoms with Crippen molar-refractivity contribution in [3.05, 3.63) is 29.8 Å². The molecule has 1 aliphatic rings. The van der Waals surface area contributed by atoms with Crippen molar-refractivity contribution < 1.29 is 19.4 Å². The topological polar surface area (TPSA) is 78.9 Å². The number of nitrogens with zero attached hydrogens (tertiary/aromatic N) is 1. The molecule has 0 aromatic heterocycles. The average molecular weight is 292 g/mol. The number of benzene rings is 1. The van der Waals surface area contributed by atoms with Gasteiger partial charge in [0.2, 0.25) is 0 Å². The number of ether oxygens (including phenoxy) is 1. The maximum atomic E-state index is 12.0. The molecule has 114 valence electrons. The Labute approximate surface area is 123 Å². The minimum Gasteiger partial charge on any atom is -0.497 e. The largest absolute Gasteiger partial charge is 0.497 e. The number of amides is 2. The summed E-state index contributed by atoms with van der Waals surface area (Å²) in [5.41, 5.74) is 0.207. The molecule has 2 amide bonds. The van der Waals surface area contributed by atoms with Gasteiger partial charge in [0.05, 0.1) is 12.5 Å². The summed E-state index contributed by atoms with van der Waals surface area (Å²) >= 11 is 0. The predicted molar refractivity (Wildman–Crippen MR) is 77.2 cm³/mol. The third-order valence-corrected chi connectivity index (χ3v) is 3.79. The molecule has 1 fully saturated rings. The van der Waals surface area contributed by atoms with Crippen molar-refractivity contribution in [1.82, 2.24) is 10.2 Å². The van der Waals surface area contributed by atoms with E-state index in [1.807, 2.05) is 24.3 Å². The Balaban J connectivity index is 1.86. The van der Waals surface area contributed by atoms with Crippen molar-refractivity contribution in [3.8, 4) is 5.75 Å². The molecule has 6 heteroatoms. The van der Waals surface area contributed by atoms with Gasteiger partial charge in [0, 0.05) is 20.1 Å². The quantitative estimate of drug-likeness (QED) is 0.836. The van der Waals surface area contributed by atoms with Crippen molar-refractivity contribution in [1.29, 1.82) is 0 Å². The summed E-state index contributed by atoms with van der Waals surface area (Å²) < 4.78 is 5.14. The zero-order valence-corrected chi connectivity index (χ0v) is 12.3. The van der Waals surface area contributed by atoms with Crippen LogP contribution in [0.15, 0.2) is 24.3 Å². The van der Waals surface area contributed by atoms with Gasteiger partial charge in [-0.15, -0.1) is 0 Å². The fraction of sp³-hybridized carbons (Fsp3) is 0.467. The standard InChI is InChI=1S/C15H20N2O4/c1-17(9-11-4-3-5-12(8-11)21-2)14(20)16-10-15(6-7-15)13(18)19/h3-5,8H,6-7,9-10H2,1-2H3,(H,16,20)(H,18,19). The maximum Gasteiger partial charge on any atom is 0.317 e. The number of carbonyl (C=O) groups excluding carboxylic acids is 1. The summed E-state index contributed by atoms with van der Waals surface area (Å²) in [4.78, 5) is 24.6. The molecule has 1 aliphatic carbocycles. The van der Waals surface area contributed by atoms with Gasteiger partial charge in [0.15, 0.2) is 0 Å². The molecule has 0 saturated heterocycles. The number of hydrogen-bond acceptors (Lipinski definition) is 3. The lowest BCUT2D eigenvalue weighted by Gasteiger charge is -2.20. The molecule has 21 heavy (non-hydrogen) atoms. The summed E-state index contributed by atoms with van der Waals surface area (Å²) in [6, 6.07) is 7.21. The summed E-state index contributed by atoms with van der Waals surface area (Å²) in [7, 11) is 3.27. The van der Waals surface area contributed by atoms with E-state index >= 15 is 0 Å². The third-order valence-electron chi connectivity index (χ3n) is 3.79. The van der Waals surface area contributed by atoms with Crippen LogP contribution >= 0.6 is 0 Å². The van der Waals surface area contributed by atoms with Gasteiger partial charge in [0.25, 0.3) is 0 Å². The van der Waals surface area contributed by atoms with E-state index in [2.05, 4.69) is 5.32 Å². The van der Waals surface area contributed by atoms with Crippen LogP contribution in [0.5, 0.6) is 5.75 Å². The number of carboxylic acids is 1. The van der Waals surface area contributed by atoms with Crippen LogP contribution in [-0.4, -0.2) is 42.7 Å². The van der Waals surface area contributed by atoms with Crippen LogP contribution in [0.25, 0.3) is 0 Å². The van der Waals surface area contributed by atoms with Gasteiger partial charge >= 0.3 is 12.0 Å². The monoisotopic (exact) mass is 292 g/mol. The number of nitrogens with one attached hydrogen (secondary N) is 1. The second-order valence-electron chi connectivity index (χ2n) is 5.45. The lowest BCUT2D eigenvalue weighted by Crippen LogP contribution is -2.41. The number of methoxy groups -OCH3 is 1. The zero-order valence-electron chi connectivity index (χ0n) is 12.3. The molecule has 0 aliphatic heterocycles. The molecule has 1 saturated carbocycles. The summed E-state index contributed by atoms with van der Waals surface area (Å²) in [6.07, 6.45) is 1.25. The average Bonchev–Trinajstić information content (AvgIpc) is 3.26. The number of carboxylic acid groups (broad SMARTS) is 1. The molecule has 0 atom stereocenters. The summed E-state index contributed by atoms with van der Waals surface area (Å²) in [5, 5.41) is 11.8. The fourth-order valence-electron chi connectivity index (χ4n) is 2.11. The summed E-state index contributed by atoms with van der Waals surface area (Å²) in [5.74, 6) is -0.0950. The van der Waals surface area contributed by atoms with Gasteiger partial charge in [-0.3, -0.25) is 4.79 Å². The van der Waals surface area contributed by atoms with Crippen molar-refractivity contribution in [2.75, 3.05) is 20.7 Å². The second-order valence-corrected chi connectivity index (χ2v) is 5.45. The highest BCUT2D eigenvalue weighted by molar-refractivity contribution is 5.80. The fourth-order valence-corrected chi connectivity index (χ4v) is 2.11. The van der Waals surface area contributed by atoms with E-state index in [0.717, 1.165) is 11.3 Å². The van der Waals surface area contributed by atoms with Crippen molar-refractivity contribution >= 4 is 12.0 Å². The molecule has 2 N–H and O–H groups in total. The van der Waals surface area contributed by atoms with E-state index in [0.29, 0.717) is 19.4 Å². The van der Waals surface area contributed by atoms with Crippen LogP contribution < -0.4 is 10.1 Å². The second kappa shape index (κ2) is 6.03. The smallest absolute Gasteiger partial charge is 0.317 e. The van der Waals surface area contributed by atoms with Gasteiger partial charge in [-0.2, -0.15) is 0 Å². The lowest BCUT2D eigenvalue weighted by molar-refractivity contribution is -0.143. The van der Waals surface area contributed by atoms with E-state index in [9.17, 15) is 9.59 Å². The first-order valence-electron chi connectivity index (χ1n) is 6.82. The SMILES string of the molecule is COc1cccc(CN(C)C(=O)NCC2(C(=O)O)CC2)c1.